The van der Waals surface area contributed by atoms with Crippen molar-refractivity contribution in [3.8, 4) is 5.75 Å². The van der Waals surface area contributed by atoms with Crippen LogP contribution in [0.5, 0.6) is 5.75 Å². The number of rotatable bonds is 8. The summed E-state index contributed by atoms with van der Waals surface area (Å²) >= 11 is 0. The molecule has 8 nitrogen and oxygen atoms in total. The van der Waals surface area contributed by atoms with Crippen LogP contribution in [-0.4, -0.2) is 48.1 Å². The van der Waals surface area contributed by atoms with Crippen LogP contribution in [0.25, 0.3) is 0 Å². The maximum absolute atomic E-state index is 13.1. The van der Waals surface area contributed by atoms with Gasteiger partial charge in [-0.1, -0.05) is 49.7 Å². The van der Waals surface area contributed by atoms with E-state index in [9.17, 15) is 19.8 Å². The third-order valence-corrected chi connectivity index (χ3v) is 9.30. The molecule has 0 spiro atoms. The molecule has 4 N–H and O–H groups in total. The summed E-state index contributed by atoms with van der Waals surface area (Å²) in [5.74, 6) is 0.276. The lowest BCUT2D eigenvalue weighted by Gasteiger charge is -2.60. The van der Waals surface area contributed by atoms with Crippen LogP contribution < -0.4 is 15.4 Å². The zero-order valence-corrected chi connectivity index (χ0v) is 23.4. The molecule has 0 radical (unpaired) electrons. The van der Waals surface area contributed by atoms with Gasteiger partial charge in [0.1, 0.15) is 11.9 Å². The topological polar surface area (TPSA) is 117 Å². The summed E-state index contributed by atoms with van der Waals surface area (Å²) in [6.07, 6.45) is 0.972. The molecule has 39 heavy (non-hydrogen) atoms. The molecule has 2 aliphatic rings. The molecule has 0 aliphatic heterocycles. The fourth-order valence-corrected chi connectivity index (χ4v) is 7.01. The Morgan fingerprint density at radius 1 is 1.05 bits per heavy atom. The van der Waals surface area contributed by atoms with Crippen LogP contribution in [0.15, 0.2) is 48.5 Å². The summed E-state index contributed by atoms with van der Waals surface area (Å²) < 4.78 is 11.3. The van der Waals surface area contributed by atoms with Crippen molar-refractivity contribution in [1.29, 1.82) is 0 Å². The van der Waals surface area contributed by atoms with E-state index in [1.54, 1.807) is 7.11 Å². The Balaban J connectivity index is 1.45. The van der Waals surface area contributed by atoms with Crippen molar-refractivity contribution < 1.29 is 29.3 Å². The van der Waals surface area contributed by atoms with Gasteiger partial charge in [0, 0.05) is 29.6 Å². The highest BCUT2D eigenvalue weighted by Crippen LogP contribution is 2.61. The number of hydrogen-bond donors (Lipinski definition) is 4. The van der Waals surface area contributed by atoms with E-state index in [1.807, 2.05) is 62.4 Å². The van der Waals surface area contributed by atoms with Crippen LogP contribution in [0.1, 0.15) is 57.1 Å². The first-order valence-electron chi connectivity index (χ1n) is 13.8. The maximum Gasteiger partial charge on any atom is 0.411 e. The van der Waals surface area contributed by atoms with Gasteiger partial charge in [0.05, 0.1) is 19.8 Å². The number of para-hydroxylation sites is 1. The minimum Gasteiger partial charge on any atom is -0.496 e. The summed E-state index contributed by atoms with van der Waals surface area (Å²) in [5, 5.41) is 27.5. The number of nitrogens with one attached hydrogen (secondary N) is 2. The first-order valence-corrected chi connectivity index (χ1v) is 13.8. The molecule has 0 saturated heterocycles. The molecule has 4 rings (SSSR count). The quantitative estimate of drug-likeness (QED) is 0.383. The number of ether oxygens (including phenoxy) is 2. The number of amides is 2. The Morgan fingerprint density at radius 2 is 1.77 bits per heavy atom. The lowest BCUT2D eigenvalue weighted by molar-refractivity contribution is -0.185. The number of methoxy groups -OCH3 is 1. The van der Waals surface area contributed by atoms with Crippen molar-refractivity contribution in [2.45, 2.75) is 71.6 Å². The molecule has 212 valence electrons. The van der Waals surface area contributed by atoms with Gasteiger partial charge in [-0.15, -0.1) is 0 Å². The number of hydrogen-bond acceptors (Lipinski definition) is 6. The van der Waals surface area contributed by atoms with E-state index in [1.165, 1.54) is 0 Å². The average Bonchev–Trinajstić information content (AvgIpc) is 2.92. The number of benzene rings is 2. The van der Waals surface area contributed by atoms with Gasteiger partial charge in [-0.05, 0) is 68.1 Å². The van der Waals surface area contributed by atoms with E-state index in [4.69, 9.17) is 9.47 Å². The molecule has 2 fully saturated rings. The van der Waals surface area contributed by atoms with Gasteiger partial charge in [0.2, 0.25) is 5.91 Å². The highest BCUT2D eigenvalue weighted by atomic mass is 16.6. The largest absolute Gasteiger partial charge is 0.496 e. The third kappa shape index (κ3) is 6.07. The van der Waals surface area contributed by atoms with E-state index in [0.717, 1.165) is 11.1 Å². The molecule has 2 saturated carbocycles. The molecule has 2 aliphatic carbocycles. The summed E-state index contributed by atoms with van der Waals surface area (Å²) in [6.45, 7) is 6.25. The normalized spacial score (nSPS) is 30.1. The molecule has 6 unspecified atom stereocenters. The van der Waals surface area contributed by atoms with E-state index >= 15 is 0 Å². The number of aryl methyl sites for hydroxylation is 1. The van der Waals surface area contributed by atoms with E-state index < -0.39 is 29.1 Å². The number of carbonyl (C=O) groups excluding carboxylic acids is 2. The number of aliphatic hydroxyl groups excluding tert-OH is 2. The highest BCUT2D eigenvalue weighted by molar-refractivity contribution is 5.84. The minimum absolute atomic E-state index is 0.0312. The second-order valence-corrected chi connectivity index (χ2v) is 11.7. The molecule has 2 aromatic carbocycles. The molecule has 0 heterocycles. The summed E-state index contributed by atoms with van der Waals surface area (Å²) in [7, 11) is 1.60. The van der Waals surface area contributed by atoms with Crippen LogP contribution in [0, 0.1) is 29.6 Å². The van der Waals surface area contributed by atoms with Gasteiger partial charge in [0.15, 0.2) is 0 Å². The lowest BCUT2D eigenvalue weighted by Crippen LogP contribution is -2.61. The average molecular weight is 539 g/mol. The Bertz CT molecular complexity index is 1150. The second-order valence-electron chi connectivity index (χ2n) is 11.7. The standard InChI is InChI=1S/C31H42N2O6/c1-20-9-11-22(12-10-20)33-29(37)39-27-15-16-30(2)23(24(35)13-14-26(30)31(27,3)19-34)17-28(36)32-18-21-7-5-6-8-25(21)38-4/h5-12,23-24,26-27,34-35H,13-19H2,1-4H3,(H,32,36)(H,33,37). The van der Waals surface area contributed by atoms with Crippen molar-refractivity contribution >= 4 is 17.7 Å². The van der Waals surface area contributed by atoms with Crippen LogP contribution in [0.3, 0.4) is 0 Å². The number of fused-ring (bicyclic) bond motifs is 1. The summed E-state index contributed by atoms with van der Waals surface area (Å²) in [4.78, 5) is 25.9. The number of aliphatic hydroxyl groups is 2. The molecule has 0 bridgehead atoms. The van der Waals surface area contributed by atoms with Gasteiger partial charge in [-0.3, -0.25) is 10.1 Å². The molecule has 2 amide bonds. The smallest absolute Gasteiger partial charge is 0.411 e. The lowest BCUT2D eigenvalue weighted by atomic mass is 9.46. The van der Waals surface area contributed by atoms with Crippen LogP contribution in [0.4, 0.5) is 10.5 Å². The first kappa shape index (κ1) is 28.9. The molecule has 6 atom stereocenters. The van der Waals surface area contributed by atoms with Crippen molar-refractivity contribution in [1.82, 2.24) is 5.32 Å². The molecule has 2 aromatic rings. The van der Waals surface area contributed by atoms with Gasteiger partial charge in [0.25, 0.3) is 0 Å². The predicted octanol–water partition coefficient (Wildman–Crippen LogP) is 4.81. The van der Waals surface area contributed by atoms with Crippen LogP contribution in [0.2, 0.25) is 0 Å². The molecular weight excluding hydrogens is 496 g/mol. The minimum atomic E-state index is -0.704. The van der Waals surface area contributed by atoms with Crippen molar-refractivity contribution in [3.63, 3.8) is 0 Å². The maximum atomic E-state index is 13.1. The number of carbonyl (C=O) groups is 2. The fraction of sp³-hybridized carbons (Fsp3) is 0.548. The van der Waals surface area contributed by atoms with Crippen LogP contribution >= 0.6 is 0 Å². The van der Waals surface area contributed by atoms with E-state index in [2.05, 4.69) is 17.6 Å². The van der Waals surface area contributed by atoms with E-state index in [0.29, 0.717) is 43.7 Å². The zero-order chi connectivity index (χ0) is 28.2. The first-order chi connectivity index (χ1) is 18.6. The second kappa shape index (κ2) is 12.0. The number of anilines is 1. The Hall–Kier alpha value is -3.10. The third-order valence-electron chi connectivity index (χ3n) is 9.30. The van der Waals surface area contributed by atoms with Crippen LogP contribution in [-0.2, 0) is 16.1 Å². The summed E-state index contributed by atoms with van der Waals surface area (Å²) in [6, 6.07) is 15.0. The fourth-order valence-electron chi connectivity index (χ4n) is 7.01. The Morgan fingerprint density at radius 3 is 2.46 bits per heavy atom. The van der Waals surface area contributed by atoms with Gasteiger partial charge < -0.3 is 25.0 Å². The SMILES string of the molecule is COc1ccccc1CNC(=O)CC1C(O)CCC2C(C)(CO)C(OC(=O)Nc3ccc(C)cc3)CCC12C. The molecule has 0 aromatic heterocycles. The predicted molar refractivity (Wildman–Crippen MR) is 149 cm³/mol. The molecular formula is C31H42N2O6. The molecule has 8 heteroatoms. The Kier molecular flexibility index (Phi) is 8.86. The highest BCUT2D eigenvalue weighted by Gasteiger charge is 2.60. The van der Waals surface area contributed by atoms with Crippen molar-refractivity contribution in [3.05, 3.63) is 59.7 Å². The Labute approximate surface area is 231 Å². The monoisotopic (exact) mass is 538 g/mol. The van der Waals surface area contributed by atoms with E-state index in [-0.39, 0.29) is 30.8 Å². The van der Waals surface area contributed by atoms with Gasteiger partial charge in [-0.2, -0.15) is 0 Å². The zero-order valence-electron chi connectivity index (χ0n) is 23.4. The van der Waals surface area contributed by atoms with Gasteiger partial charge >= 0.3 is 6.09 Å². The summed E-state index contributed by atoms with van der Waals surface area (Å²) in [5.41, 5.74) is 1.53. The van der Waals surface area contributed by atoms with Gasteiger partial charge in [-0.25, -0.2) is 4.79 Å². The van der Waals surface area contributed by atoms with Crippen molar-refractivity contribution in [2.24, 2.45) is 22.7 Å². The van der Waals surface area contributed by atoms with Crippen molar-refractivity contribution in [2.75, 3.05) is 19.0 Å².